The average Bonchev–Trinajstić information content (AvgIpc) is 2.72. The molecule has 0 fully saturated rings. The number of rotatable bonds is 8. The van der Waals surface area contributed by atoms with Gasteiger partial charge < -0.3 is 9.47 Å². The van der Waals surface area contributed by atoms with Crippen molar-refractivity contribution in [2.24, 2.45) is 0 Å². The maximum atomic E-state index is 13.4. The van der Waals surface area contributed by atoms with Crippen LogP contribution in [0.5, 0.6) is 11.5 Å². The first-order valence-electron chi connectivity index (χ1n) is 9.60. The van der Waals surface area contributed by atoms with Crippen molar-refractivity contribution in [2.45, 2.75) is 20.3 Å². The van der Waals surface area contributed by atoms with Crippen LogP contribution in [0.15, 0.2) is 78.9 Å². The molecular formula is C25H25FO2. The Kier molecular flexibility index (Phi) is 6.85. The molecular weight excluding hydrogens is 351 g/mol. The standard InChI is InChI=1S/C25H25FO2/c1-3-27-23-14-5-19(6-15-23)7-18-25(20-8-12-22(26)13-9-20)21-10-16-24(17-11-21)28-4-2/h5-6,8-18H,3-4,7H2,1-2H3/b25-18-. The molecule has 2 nitrogen and oxygen atoms in total. The van der Waals surface area contributed by atoms with E-state index in [9.17, 15) is 4.39 Å². The lowest BCUT2D eigenvalue weighted by atomic mass is 9.95. The van der Waals surface area contributed by atoms with Crippen LogP contribution in [-0.2, 0) is 6.42 Å². The van der Waals surface area contributed by atoms with E-state index in [1.807, 2.05) is 62.4 Å². The predicted octanol–water partition coefficient (Wildman–Crippen LogP) is 6.30. The van der Waals surface area contributed by atoms with E-state index < -0.39 is 0 Å². The molecule has 0 bridgehead atoms. The summed E-state index contributed by atoms with van der Waals surface area (Å²) in [7, 11) is 0. The Hall–Kier alpha value is -3.07. The molecule has 0 radical (unpaired) electrons. The summed E-state index contributed by atoms with van der Waals surface area (Å²) >= 11 is 0. The van der Waals surface area contributed by atoms with Crippen molar-refractivity contribution in [3.8, 4) is 11.5 Å². The number of allylic oxidation sites excluding steroid dienone is 1. The first-order chi connectivity index (χ1) is 13.7. The Bertz CT molecular complexity index is 895. The minimum atomic E-state index is -0.235. The molecule has 28 heavy (non-hydrogen) atoms. The number of hydrogen-bond donors (Lipinski definition) is 0. The van der Waals surface area contributed by atoms with Gasteiger partial charge in [0, 0.05) is 0 Å². The zero-order chi connectivity index (χ0) is 19.8. The smallest absolute Gasteiger partial charge is 0.123 e. The summed E-state index contributed by atoms with van der Waals surface area (Å²) in [5, 5.41) is 0. The van der Waals surface area contributed by atoms with E-state index in [0.29, 0.717) is 13.2 Å². The molecule has 0 spiro atoms. The van der Waals surface area contributed by atoms with E-state index in [4.69, 9.17) is 9.47 Å². The molecule has 0 atom stereocenters. The molecule has 3 heteroatoms. The summed E-state index contributed by atoms with van der Waals surface area (Å²) in [6.45, 7) is 5.24. The number of benzene rings is 3. The molecule has 0 unspecified atom stereocenters. The van der Waals surface area contributed by atoms with Crippen molar-refractivity contribution in [3.05, 3.63) is 101 Å². The van der Waals surface area contributed by atoms with E-state index in [1.54, 1.807) is 0 Å². The second-order valence-electron chi connectivity index (χ2n) is 6.36. The Labute approximate surface area is 166 Å². The van der Waals surface area contributed by atoms with Gasteiger partial charge in [-0.25, -0.2) is 4.39 Å². The van der Waals surface area contributed by atoms with Crippen LogP contribution in [0, 0.1) is 5.82 Å². The molecule has 0 saturated heterocycles. The minimum Gasteiger partial charge on any atom is -0.494 e. The molecule has 0 amide bonds. The van der Waals surface area contributed by atoms with Gasteiger partial charge in [0.15, 0.2) is 0 Å². The Morgan fingerprint density at radius 1 is 0.714 bits per heavy atom. The Morgan fingerprint density at radius 3 is 1.68 bits per heavy atom. The largest absolute Gasteiger partial charge is 0.494 e. The fourth-order valence-electron chi connectivity index (χ4n) is 3.04. The molecule has 0 aliphatic carbocycles. The van der Waals surface area contributed by atoms with Gasteiger partial charge in [-0.1, -0.05) is 42.5 Å². The van der Waals surface area contributed by atoms with Crippen LogP contribution in [0.4, 0.5) is 4.39 Å². The lowest BCUT2D eigenvalue weighted by Gasteiger charge is -2.11. The summed E-state index contributed by atoms with van der Waals surface area (Å²) in [6.07, 6.45) is 2.95. The molecule has 0 heterocycles. The number of hydrogen-bond acceptors (Lipinski definition) is 2. The van der Waals surface area contributed by atoms with Gasteiger partial charge in [0.1, 0.15) is 17.3 Å². The van der Waals surface area contributed by atoms with Crippen LogP contribution >= 0.6 is 0 Å². The Morgan fingerprint density at radius 2 is 1.18 bits per heavy atom. The predicted molar refractivity (Wildman–Crippen MR) is 112 cm³/mol. The monoisotopic (exact) mass is 376 g/mol. The molecule has 3 aromatic rings. The van der Waals surface area contributed by atoms with E-state index in [0.717, 1.165) is 34.6 Å². The van der Waals surface area contributed by atoms with Crippen LogP contribution < -0.4 is 9.47 Å². The number of ether oxygens (including phenoxy) is 2. The molecule has 0 aliphatic rings. The molecule has 144 valence electrons. The molecule has 3 rings (SSSR count). The van der Waals surface area contributed by atoms with Crippen molar-refractivity contribution >= 4 is 5.57 Å². The van der Waals surface area contributed by atoms with Crippen LogP contribution in [0.2, 0.25) is 0 Å². The fourth-order valence-corrected chi connectivity index (χ4v) is 3.04. The third-order valence-corrected chi connectivity index (χ3v) is 4.41. The summed E-state index contributed by atoms with van der Waals surface area (Å²) in [6, 6.07) is 22.7. The van der Waals surface area contributed by atoms with Gasteiger partial charge in [-0.2, -0.15) is 0 Å². The van der Waals surface area contributed by atoms with E-state index in [2.05, 4.69) is 18.2 Å². The lowest BCUT2D eigenvalue weighted by molar-refractivity contribution is 0.340. The third kappa shape index (κ3) is 5.23. The van der Waals surface area contributed by atoms with Crippen LogP contribution in [0.3, 0.4) is 0 Å². The van der Waals surface area contributed by atoms with Gasteiger partial charge in [0.05, 0.1) is 13.2 Å². The fraction of sp³-hybridized carbons (Fsp3) is 0.200. The highest BCUT2D eigenvalue weighted by Gasteiger charge is 2.07. The van der Waals surface area contributed by atoms with Gasteiger partial charge >= 0.3 is 0 Å². The number of halogens is 1. The highest BCUT2D eigenvalue weighted by molar-refractivity contribution is 5.80. The summed E-state index contributed by atoms with van der Waals surface area (Å²) in [5.41, 5.74) is 4.31. The first kappa shape index (κ1) is 19.7. The van der Waals surface area contributed by atoms with E-state index >= 15 is 0 Å². The summed E-state index contributed by atoms with van der Waals surface area (Å²) < 4.78 is 24.4. The van der Waals surface area contributed by atoms with Gasteiger partial charge in [-0.15, -0.1) is 0 Å². The maximum Gasteiger partial charge on any atom is 0.123 e. The lowest BCUT2D eigenvalue weighted by Crippen LogP contribution is -1.94. The highest BCUT2D eigenvalue weighted by atomic mass is 19.1. The zero-order valence-electron chi connectivity index (χ0n) is 16.3. The molecule has 0 saturated carbocycles. The van der Waals surface area contributed by atoms with E-state index in [1.165, 1.54) is 17.7 Å². The molecule has 0 aliphatic heterocycles. The third-order valence-electron chi connectivity index (χ3n) is 4.41. The quantitative estimate of drug-likeness (QED) is 0.459. The van der Waals surface area contributed by atoms with Crippen molar-refractivity contribution in [3.63, 3.8) is 0 Å². The van der Waals surface area contributed by atoms with Crippen molar-refractivity contribution in [2.75, 3.05) is 13.2 Å². The minimum absolute atomic E-state index is 0.235. The molecule has 3 aromatic carbocycles. The van der Waals surface area contributed by atoms with Gasteiger partial charge in [-0.3, -0.25) is 0 Å². The summed E-state index contributed by atoms with van der Waals surface area (Å²) in [4.78, 5) is 0. The van der Waals surface area contributed by atoms with E-state index in [-0.39, 0.29) is 5.82 Å². The van der Waals surface area contributed by atoms with Gasteiger partial charge in [0.25, 0.3) is 0 Å². The molecule has 0 aromatic heterocycles. The van der Waals surface area contributed by atoms with Gasteiger partial charge in [0.2, 0.25) is 0 Å². The average molecular weight is 376 g/mol. The van der Waals surface area contributed by atoms with Crippen LogP contribution in [-0.4, -0.2) is 13.2 Å². The normalized spacial score (nSPS) is 11.3. The second kappa shape index (κ2) is 9.75. The topological polar surface area (TPSA) is 18.5 Å². The van der Waals surface area contributed by atoms with Crippen LogP contribution in [0.1, 0.15) is 30.5 Å². The zero-order valence-corrected chi connectivity index (χ0v) is 16.3. The maximum absolute atomic E-state index is 13.4. The highest BCUT2D eigenvalue weighted by Crippen LogP contribution is 2.26. The van der Waals surface area contributed by atoms with Crippen LogP contribution in [0.25, 0.3) is 5.57 Å². The van der Waals surface area contributed by atoms with Crippen molar-refractivity contribution < 1.29 is 13.9 Å². The van der Waals surface area contributed by atoms with Crippen molar-refractivity contribution in [1.82, 2.24) is 0 Å². The Balaban J connectivity index is 1.88. The summed E-state index contributed by atoms with van der Waals surface area (Å²) in [5.74, 6) is 1.48. The second-order valence-corrected chi connectivity index (χ2v) is 6.36. The molecule has 0 N–H and O–H groups in total. The van der Waals surface area contributed by atoms with Gasteiger partial charge in [-0.05, 0) is 78.9 Å². The van der Waals surface area contributed by atoms with Crippen molar-refractivity contribution in [1.29, 1.82) is 0 Å². The SMILES string of the molecule is CCOc1ccc(C/C=C(/c2ccc(F)cc2)c2ccc(OCC)cc2)cc1. The first-order valence-corrected chi connectivity index (χ1v) is 9.60.